The Hall–Kier alpha value is -2.71. The number of carbonyl (C=O) groups is 2. The van der Waals surface area contributed by atoms with Crippen molar-refractivity contribution in [1.29, 1.82) is 0 Å². The van der Waals surface area contributed by atoms with Crippen LogP contribution in [-0.4, -0.2) is 52.2 Å². The molecule has 3 aromatic rings. The number of nitrogens with zero attached hydrogens (tertiary/aromatic N) is 3. The summed E-state index contributed by atoms with van der Waals surface area (Å²) in [7, 11) is 0. The predicted octanol–water partition coefficient (Wildman–Crippen LogP) is 4.05. The summed E-state index contributed by atoms with van der Waals surface area (Å²) in [6, 6.07) is 8.52. The Bertz CT molecular complexity index is 1150. The van der Waals surface area contributed by atoms with E-state index < -0.39 is 11.7 Å². The number of piperidine rings is 1. The number of hydrogen-bond acceptors (Lipinski definition) is 5. The lowest BCUT2D eigenvalue weighted by atomic mass is 9.91. The number of halogens is 2. The predicted molar refractivity (Wildman–Crippen MR) is 110 cm³/mol. The van der Waals surface area contributed by atoms with Crippen molar-refractivity contribution in [2.24, 2.45) is 0 Å². The van der Waals surface area contributed by atoms with Gasteiger partial charge in [-0.05, 0) is 73.9 Å². The van der Waals surface area contributed by atoms with Crippen molar-refractivity contribution in [2.75, 3.05) is 26.2 Å². The topological polar surface area (TPSA) is 53.5 Å². The maximum Gasteiger partial charge on any atom is 0.261 e. The number of likely N-dealkylation sites (tertiary alicyclic amines) is 1. The summed E-state index contributed by atoms with van der Waals surface area (Å²) >= 11 is 1.33. The minimum Gasteiger partial charge on any atom is -0.302 e. The fourth-order valence-corrected chi connectivity index (χ4v) is 5.24. The van der Waals surface area contributed by atoms with E-state index in [1.807, 2.05) is 0 Å². The average molecular weight is 427 g/mol. The van der Waals surface area contributed by atoms with Crippen LogP contribution in [-0.2, 0) is 0 Å². The van der Waals surface area contributed by atoms with E-state index in [2.05, 4.69) is 9.27 Å². The fourth-order valence-electron chi connectivity index (χ4n) is 4.36. The van der Waals surface area contributed by atoms with Crippen molar-refractivity contribution in [3.8, 4) is 0 Å². The van der Waals surface area contributed by atoms with E-state index in [1.165, 1.54) is 40.7 Å². The van der Waals surface area contributed by atoms with Crippen LogP contribution in [0.2, 0.25) is 0 Å². The number of carbonyl (C=O) groups excluding carboxylic acids is 2. The molecule has 2 amide bonds. The van der Waals surface area contributed by atoms with Gasteiger partial charge in [-0.3, -0.25) is 14.5 Å². The van der Waals surface area contributed by atoms with Gasteiger partial charge in [0.15, 0.2) is 0 Å². The largest absolute Gasteiger partial charge is 0.302 e. The highest BCUT2D eigenvalue weighted by Crippen LogP contribution is 2.34. The van der Waals surface area contributed by atoms with Crippen LogP contribution in [0.25, 0.3) is 10.1 Å². The highest BCUT2D eigenvalue weighted by molar-refractivity contribution is 7.13. The smallest absolute Gasteiger partial charge is 0.261 e. The van der Waals surface area contributed by atoms with Gasteiger partial charge in [0.1, 0.15) is 11.6 Å². The van der Waals surface area contributed by atoms with Gasteiger partial charge in [-0.15, -0.1) is 0 Å². The molecule has 0 atom stereocenters. The lowest BCUT2D eigenvalue weighted by molar-refractivity contribution is 0.0629. The number of aromatic nitrogens is 1. The minimum absolute atomic E-state index is 0.144. The zero-order valence-electron chi connectivity index (χ0n) is 16.1. The van der Waals surface area contributed by atoms with Crippen LogP contribution in [0.1, 0.15) is 45.2 Å². The Labute approximate surface area is 176 Å². The van der Waals surface area contributed by atoms with Crippen LogP contribution in [0.3, 0.4) is 0 Å². The third-order valence-corrected chi connectivity index (χ3v) is 6.83. The summed E-state index contributed by atoms with van der Waals surface area (Å²) < 4.78 is 32.3. The number of benzene rings is 2. The first-order valence-electron chi connectivity index (χ1n) is 9.94. The lowest BCUT2D eigenvalue weighted by Gasteiger charge is -2.32. The second-order valence-electron chi connectivity index (χ2n) is 7.78. The van der Waals surface area contributed by atoms with Crippen molar-refractivity contribution < 1.29 is 18.4 Å². The first kappa shape index (κ1) is 19.3. The average Bonchev–Trinajstić information content (AvgIpc) is 3.26. The van der Waals surface area contributed by atoms with Crippen LogP contribution in [0.4, 0.5) is 8.78 Å². The Morgan fingerprint density at radius 1 is 0.933 bits per heavy atom. The zero-order chi connectivity index (χ0) is 20.8. The van der Waals surface area contributed by atoms with Gasteiger partial charge in [-0.25, -0.2) is 8.78 Å². The van der Waals surface area contributed by atoms with Gasteiger partial charge in [0.25, 0.3) is 11.8 Å². The molecule has 0 radical (unpaired) electrons. The van der Waals surface area contributed by atoms with Gasteiger partial charge < -0.3 is 4.90 Å². The summed E-state index contributed by atoms with van der Waals surface area (Å²) in [6.45, 7) is 2.55. The van der Waals surface area contributed by atoms with Crippen LogP contribution < -0.4 is 0 Å². The molecule has 5 rings (SSSR count). The number of hydrogen-bond donors (Lipinski definition) is 0. The standard InChI is InChI=1S/C22H19F2N3O2S/c23-14-1-3-16-18(11-14)22(29)27(21(16)28)10-9-26-7-5-13(6-8-26)20-17-4-2-15(24)12-19(17)30-25-20/h1-4,11-13H,5-10H2. The molecular weight excluding hydrogens is 408 g/mol. The Kier molecular flexibility index (Phi) is 4.83. The third-order valence-electron chi connectivity index (χ3n) is 6.01. The first-order valence-corrected chi connectivity index (χ1v) is 10.7. The van der Waals surface area contributed by atoms with E-state index in [0.717, 1.165) is 47.8 Å². The summed E-state index contributed by atoms with van der Waals surface area (Å²) in [6.07, 6.45) is 1.84. The lowest BCUT2D eigenvalue weighted by Crippen LogP contribution is -2.41. The minimum atomic E-state index is -0.517. The van der Waals surface area contributed by atoms with Crippen LogP contribution in [0.15, 0.2) is 36.4 Å². The number of amides is 2. The molecule has 1 aromatic heterocycles. The van der Waals surface area contributed by atoms with Gasteiger partial charge in [0.2, 0.25) is 0 Å². The fraction of sp³-hybridized carbons (Fsp3) is 0.318. The molecule has 2 aromatic carbocycles. The maximum absolute atomic E-state index is 13.4. The molecule has 5 nitrogen and oxygen atoms in total. The van der Waals surface area contributed by atoms with Gasteiger partial charge >= 0.3 is 0 Å². The van der Waals surface area contributed by atoms with E-state index in [0.29, 0.717) is 12.5 Å². The van der Waals surface area contributed by atoms with E-state index in [9.17, 15) is 18.4 Å². The molecule has 0 bridgehead atoms. The molecule has 154 valence electrons. The molecule has 8 heteroatoms. The molecule has 0 saturated carbocycles. The zero-order valence-corrected chi connectivity index (χ0v) is 16.9. The van der Waals surface area contributed by atoms with E-state index in [1.54, 1.807) is 6.07 Å². The Balaban J connectivity index is 1.20. The van der Waals surface area contributed by atoms with E-state index in [-0.39, 0.29) is 29.4 Å². The quantitative estimate of drug-likeness (QED) is 0.590. The molecule has 30 heavy (non-hydrogen) atoms. The van der Waals surface area contributed by atoms with Gasteiger partial charge in [-0.1, -0.05) is 0 Å². The normalized spacial score (nSPS) is 17.9. The molecule has 0 spiro atoms. The summed E-state index contributed by atoms with van der Waals surface area (Å²) in [5.41, 5.74) is 1.45. The highest BCUT2D eigenvalue weighted by atomic mass is 32.1. The number of fused-ring (bicyclic) bond motifs is 2. The summed E-state index contributed by atoms with van der Waals surface area (Å²) in [4.78, 5) is 28.4. The molecule has 3 heterocycles. The second-order valence-corrected chi connectivity index (χ2v) is 8.58. The van der Waals surface area contributed by atoms with E-state index in [4.69, 9.17) is 0 Å². The molecule has 2 aliphatic rings. The second kappa shape index (κ2) is 7.52. The first-order chi connectivity index (χ1) is 14.5. The van der Waals surface area contributed by atoms with Gasteiger partial charge in [-0.2, -0.15) is 4.37 Å². The molecule has 0 N–H and O–H groups in total. The molecule has 0 unspecified atom stereocenters. The van der Waals surface area contributed by atoms with Crippen molar-refractivity contribution >= 4 is 33.4 Å². The van der Waals surface area contributed by atoms with Crippen LogP contribution >= 0.6 is 11.5 Å². The molecular formula is C22H19F2N3O2S. The van der Waals surface area contributed by atoms with Crippen molar-refractivity contribution in [3.63, 3.8) is 0 Å². The number of rotatable bonds is 4. The molecule has 2 aliphatic heterocycles. The summed E-state index contributed by atoms with van der Waals surface area (Å²) in [5.74, 6) is -1.22. The number of imide groups is 1. The van der Waals surface area contributed by atoms with Gasteiger partial charge in [0.05, 0.1) is 21.5 Å². The monoisotopic (exact) mass is 427 g/mol. The van der Waals surface area contributed by atoms with Crippen molar-refractivity contribution in [1.82, 2.24) is 14.2 Å². The molecule has 0 aliphatic carbocycles. The van der Waals surface area contributed by atoms with Crippen LogP contribution in [0.5, 0.6) is 0 Å². The Morgan fingerprint density at radius 2 is 1.63 bits per heavy atom. The van der Waals surface area contributed by atoms with Crippen molar-refractivity contribution in [3.05, 3.63) is 64.9 Å². The van der Waals surface area contributed by atoms with Crippen molar-refractivity contribution in [2.45, 2.75) is 18.8 Å². The SMILES string of the molecule is O=C1c2ccc(F)cc2C(=O)N1CCN1CCC(c2nsc3cc(F)ccc23)CC1. The van der Waals surface area contributed by atoms with Crippen LogP contribution in [0, 0.1) is 11.6 Å². The maximum atomic E-state index is 13.4. The third kappa shape index (κ3) is 3.30. The van der Waals surface area contributed by atoms with E-state index >= 15 is 0 Å². The molecule has 1 fully saturated rings. The van der Waals surface area contributed by atoms with Gasteiger partial charge in [0, 0.05) is 24.4 Å². The highest BCUT2D eigenvalue weighted by Gasteiger charge is 2.36. The summed E-state index contributed by atoms with van der Waals surface area (Å²) in [5, 5.41) is 1.03. The molecule has 1 saturated heterocycles. The Morgan fingerprint density at radius 3 is 2.43 bits per heavy atom.